The minimum absolute atomic E-state index is 0.0365. The maximum absolute atomic E-state index is 13.3. The van der Waals surface area contributed by atoms with E-state index in [1.807, 2.05) is 27.8 Å². The first kappa shape index (κ1) is 17.0. The van der Waals surface area contributed by atoms with Crippen LogP contribution in [-0.2, 0) is 18.6 Å². The Morgan fingerprint density at radius 2 is 1.68 bits per heavy atom. The van der Waals surface area contributed by atoms with E-state index in [0.717, 1.165) is 12.2 Å². The zero-order valence-corrected chi connectivity index (χ0v) is 16.2. The van der Waals surface area contributed by atoms with Gasteiger partial charge in [0.15, 0.2) is 0 Å². The molecule has 0 saturated heterocycles. The number of carbonyl (C=O) groups is 1. The van der Waals surface area contributed by atoms with Crippen LogP contribution in [0.4, 0.5) is 5.82 Å². The molecular weight excluding hydrogens is 348 g/mol. The second kappa shape index (κ2) is 6.23. The number of carbonyl (C=O) groups excluding carboxylic acids is 1. The van der Waals surface area contributed by atoms with Crippen LogP contribution < -0.4 is 5.32 Å². The van der Waals surface area contributed by atoms with E-state index in [2.05, 4.69) is 60.7 Å². The molecule has 1 aromatic heterocycles. The van der Waals surface area contributed by atoms with Gasteiger partial charge in [-0.2, -0.15) is 5.10 Å². The Hall–Kier alpha value is -3.08. The number of benzene rings is 2. The second-order valence-electron chi connectivity index (χ2n) is 8.37. The van der Waals surface area contributed by atoms with Crippen LogP contribution in [0.2, 0.25) is 0 Å². The summed E-state index contributed by atoms with van der Waals surface area (Å²) in [5, 5.41) is 8.18. The van der Waals surface area contributed by atoms with Crippen molar-refractivity contribution in [2.75, 3.05) is 5.32 Å². The molecule has 1 N–H and O–H groups in total. The monoisotopic (exact) mass is 372 g/mol. The Kier molecular flexibility index (Phi) is 3.79. The van der Waals surface area contributed by atoms with E-state index >= 15 is 0 Å². The predicted molar refractivity (Wildman–Crippen MR) is 109 cm³/mol. The molecule has 28 heavy (non-hydrogen) atoms. The molecule has 3 heterocycles. The molecule has 1 atom stereocenters. The number of hydrogen-bond acceptors (Lipinski definition) is 3. The van der Waals surface area contributed by atoms with Gasteiger partial charge in [0.1, 0.15) is 11.4 Å². The van der Waals surface area contributed by atoms with Gasteiger partial charge in [-0.05, 0) is 37.0 Å². The molecule has 0 bridgehead atoms. The van der Waals surface area contributed by atoms with Crippen molar-refractivity contribution in [1.29, 1.82) is 0 Å². The van der Waals surface area contributed by atoms with Crippen LogP contribution in [0.25, 0.3) is 0 Å². The van der Waals surface area contributed by atoms with Gasteiger partial charge in [-0.15, -0.1) is 0 Å². The zero-order chi connectivity index (χ0) is 19.3. The van der Waals surface area contributed by atoms with Gasteiger partial charge in [-0.1, -0.05) is 54.6 Å². The van der Waals surface area contributed by atoms with Crippen molar-refractivity contribution in [3.8, 4) is 0 Å². The van der Waals surface area contributed by atoms with Gasteiger partial charge >= 0.3 is 0 Å². The number of rotatable bonds is 2. The van der Waals surface area contributed by atoms with Gasteiger partial charge in [-0.25, -0.2) is 4.68 Å². The summed E-state index contributed by atoms with van der Waals surface area (Å²) < 4.78 is 1.98. The summed E-state index contributed by atoms with van der Waals surface area (Å²) in [6.07, 6.45) is 2.64. The van der Waals surface area contributed by atoms with E-state index in [9.17, 15) is 4.79 Å². The highest BCUT2D eigenvalue weighted by Gasteiger charge is 2.37. The summed E-state index contributed by atoms with van der Waals surface area (Å²) in [6, 6.07) is 18.8. The Labute approximate surface area is 165 Å². The van der Waals surface area contributed by atoms with Crippen LogP contribution in [0.3, 0.4) is 0 Å². The normalized spacial score (nSPS) is 19.6. The molecule has 1 amide bonds. The van der Waals surface area contributed by atoms with Gasteiger partial charge < -0.3 is 10.2 Å². The van der Waals surface area contributed by atoms with Crippen molar-refractivity contribution in [2.45, 2.75) is 44.9 Å². The highest BCUT2D eigenvalue weighted by atomic mass is 16.2. The molecule has 0 saturated carbocycles. The lowest BCUT2D eigenvalue weighted by Gasteiger charge is -2.38. The molecule has 2 aromatic carbocycles. The van der Waals surface area contributed by atoms with Crippen molar-refractivity contribution in [2.24, 2.45) is 0 Å². The van der Waals surface area contributed by atoms with Gasteiger partial charge in [0.05, 0.1) is 17.8 Å². The third-order valence-electron chi connectivity index (χ3n) is 5.92. The predicted octanol–water partition coefficient (Wildman–Crippen LogP) is 4.33. The summed E-state index contributed by atoms with van der Waals surface area (Å²) in [6.45, 7) is 5.68. The maximum atomic E-state index is 13.3. The molecule has 142 valence electrons. The van der Waals surface area contributed by atoms with Crippen LogP contribution in [0.1, 0.15) is 53.4 Å². The lowest BCUT2D eigenvalue weighted by molar-refractivity contribution is 0.0752. The van der Waals surface area contributed by atoms with Crippen LogP contribution >= 0.6 is 0 Å². The first-order valence-corrected chi connectivity index (χ1v) is 9.79. The number of amides is 1. The van der Waals surface area contributed by atoms with Gasteiger partial charge in [0.2, 0.25) is 0 Å². The third-order valence-corrected chi connectivity index (χ3v) is 5.92. The van der Waals surface area contributed by atoms with Crippen molar-refractivity contribution >= 4 is 11.7 Å². The average Bonchev–Trinajstić information content (AvgIpc) is 3.32. The molecule has 0 aliphatic carbocycles. The Bertz CT molecular complexity index is 1010. The van der Waals surface area contributed by atoms with Crippen LogP contribution in [0.5, 0.6) is 0 Å². The summed E-state index contributed by atoms with van der Waals surface area (Å²) in [7, 11) is 0. The minimum atomic E-state index is -0.173. The lowest BCUT2D eigenvalue weighted by atomic mass is 9.89. The fourth-order valence-electron chi connectivity index (χ4n) is 4.44. The molecule has 0 spiro atoms. The Morgan fingerprint density at radius 1 is 1.04 bits per heavy atom. The lowest BCUT2D eigenvalue weighted by Crippen LogP contribution is -2.38. The molecule has 2 aliphatic rings. The van der Waals surface area contributed by atoms with Gasteiger partial charge in [0.25, 0.3) is 5.91 Å². The molecule has 0 fully saturated rings. The third kappa shape index (κ3) is 2.70. The first-order chi connectivity index (χ1) is 13.5. The van der Waals surface area contributed by atoms with Crippen LogP contribution in [0, 0.1) is 0 Å². The molecule has 5 nitrogen and oxygen atoms in total. The molecular formula is C23H24N4O. The summed E-state index contributed by atoms with van der Waals surface area (Å²) in [5.41, 5.74) is 4.17. The molecule has 3 aromatic rings. The fraction of sp³-hybridized carbons (Fsp3) is 0.304. The zero-order valence-electron chi connectivity index (χ0n) is 16.2. The van der Waals surface area contributed by atoms with E-state index in [1.165, 1.54) is 16.7 Å². The fourth-order valence-corrected chi connectivity index (χ4v) is 4.44. The maximum Gasteiger partial charge on any atom is 0.259 e. The molecule has 5 rings (SSSR count). The summed E-state index contributed by atoms with van der Waals surface area (Å²) in [4.78, 5) is 15.2. The highest BCUT2D eigenvalue weighted by molar-refractivity contribution is 5.99. The highest BCUT2D eigenvalue weighted by Crippen LogP contribution is 2.40. The van der Waals surface area contributed by atoms with E-state index in [1.54, 1.807) is 6.20 Å². The molecule has 1 unspecified atom stereocenters. The smallest absolute Gasteiger partial charge is 0.259 e. The topological polar surface area (TPSA) is 50.2 Å². The number of aromatic nitrogens is 2. The van der Waals surface area contributed by atoms with Crippen LogP contribution in [-0.4, -0.2) is 20.6 Å². The Balaban J connectivity index is 1.48. The largest absolute Gasteiger partial charge is 0.363 e. The van der Waals surface area contributed by atoms with E-state index in [0.29, 0.717) is 18.7 Å². The second-order valence-corrected chi connectivity index (χ2v) is 8.37. The van der Waals surface area contributed by atoms with Crippen molar-refractivity contribution in [3.63, 3.8) is 0 Å². The number of hydrogen-bond donors (Lipinski definition) is 1. The van der Waals surface area contributed by atoms with Crippen molar-refractivity contribution < 1.29 is 4.79 Å². The van der Waals surface area contributed by atoms with Crippen molar-refractivity contribution in [1.82, 2.24) is 14.7 Å². The SMILES string of the molecule is CC1(C)CC(c2ccccc2)Nc2c(C(=O)N3Cc4ccccc4C3)cnn21. The van der Waals surface area contributed by atoms with E-state index < -0.39 is 0 Å². The van der Waals surface area contributed by atoms with Crippen molar-refractivity contribution in [3.05, 3.63) is 83.0 Å². The average molecular weight is 372 g/mol. The van der Waals surface area contributed by atoms with Crippen LogP contribution in [0.15, 0.2) is 60.8 Å². The van der Waals surface area contributed by atoms with E-state index in [-0.39, 0.29) is 17.5 Å². The minimum Gasteiger partial charge on any atom is -0.363 e. The first-order valence-electron chi connectivity index (χ1n) is 9.79. The van der Waals surface area contributed by atoms with E-state index in [4.69, 9.17) is 0 Å². The van der Waals surface area contributed by atoms with Gasteiger partial charge in [-0.3, -0.25) is 4.79 Å². The molecule has 5 heteroatoms. The number of nitrogens with one attached hydrogen (secondary N) is 1. The van der Waals surface area contributed by atoms with Gasteiger partial charge in [0, 0.05) is 13.1 Å². The summed E-state index contributed by atoms with van der Waals surface area (Å²) in [5.74, 6) is 0.862. The summed E-state index contributed by atoms with van der Waals surface area (Å²) >= 11 is 0. The number of anilines is 1. The number of nitrogens with zero attached hydrogens (tertiary/aromatic N) is 3. The molecule has 0 radical (unpaired) electrons. The number of fused-ring (bicyclic) bond motifs is 2. The molecule has 2 aliphatic heterocycles. The Morgan fingerprint density at radius 3 is 2.36 bits per heavy atom. The standard InChI is InChI=1S/C23H24N4O/c1-23(2)12-20(16-8-4-3-5-9-16)25-21-19(13-24-27(21)23)22(28)26-14-17-10-6-7-11-18(17)15-26/h3-11,13,20,25H,12,14-15H2,1-2H3. The quantitative estimate of drug-likeness (QED) is 0.728.